The maximum Gasteiger partial charge on any atom is 0.334 e. The molecule has 1 heterocycles. The van der Waals surface area contributed by atoms with E-state index in [1.807, 2.05) is 6.07 Å². The molecule has 1 aliphatic carbocycles. The fraction of sp³-hybridized carbons (Fsp3) is 0.368. The second-order valence-electron chi connectivity index (χ2n) is 6.57. The number of benzene rings is 1. The monoisotopic (exact) mass is 383 g/mol. The molecular weight excluding hydrogens is 366 g/mol. The van der Waals surface area contributed by atoms with Crippen molar-refractivity contribution >= 4 is 17.4 Å². The Hall–Kier alpha value is -3.54. The molecule has 0 saturated heterocycles. The highest BCUT2D eigenvalue weighted by Gasteiger charge is 2.77. The lowest BCUT2D eigenvalue weighted by molar-refractivity contribution is -0.386. The summed E-state index contributed by atoms with van der Waals surface area (Å²) in [5.41, 5.74) is -0.938. The fourth-order valence-electron chi connectivity index (χ4n) is 3.86. The Morgan fingerprint density at radius 1 is 1.36 bits per heavy atom. The molecule has 3 rings (SSSR count). The second-order valence-corrected chi connectivity index (χ2v) is 6.57. The zero-order valence-corrected chi connectivity index (χ0v) is 15.5. The molecular formula is C19H17N3O6. The van der Waals surface area contributed by atoms with Gasteiger partial charge in [-0.3, -0.25) is 19.7 Å². The van der Waals surface area contributed by atoms with E-state index in [4.69, 9.17) is 14.5 Å². The van der Waals surface area contributed by atoms with Crippen molar-refractivity contribution < 1.29 is 23.8 Å². The van der Waals surface area contributed by atoms with Gasteiger partial charge in [0.15, 0.2) is 5.69 Å². The van der Waals surface area contributed by atoms with Crippen LogP contribution in [0, 0.1) is 33.8 Å². The van der Waals surface area contributed by atoms with Crippen LogP contribution in [-0.4, -0.2) is 28.4 Å². The molecule has 144 valence electrons. The Bertz CT molecular complexity index is 1000. The Labute approximate surface area is 160 Å². The van der Waals surface area contributed by atoms with E-state index in [0.717, 1.165) is 0 Å². The van der Waals surface area contributed by atoms with E-state index in [1.54, 1.807) is 31.2 Å². The summed E-state index contributed by atoms with van der Waals surface area (Å²) < 4.78 is 10.3. The average Bonchev–Trinajstić information content (AvgIpc) is 3.22. The van der Waals surface area contributed by atoms with Gasteiger partial charge in [0.1, 0.15) is 11.2 Å². The van der Waals surface area contributed by atoms with Crippen LogP contribution >= 0.6 is 0 Å². The van der Waals surface area contributed by atoms with Gasteiger partial charge in [-0.2, -0.15) is 5.26 Å². The Balaban J connectivity index is 2.19. The van der Waals surface area contributed by atoms with Crippen molar-refractivity contribution in [2.75, 3.05) is 6.61 Å². The predicted molar refractivity (Wildman–Crippen MR) is 94.3 cm³/mol. The molecule has 0 radical (unpaired) electrons. The number of ketones is 1. The SMILES string of the molecule is CCOC(=O)[C@@]1(C(C)=O)[C@H](c2ccc(C#N)cc2)[C@H]1c1onc(C)c1[N+](=O)[O-]. The first-order valence-corrected chi connectivity index (χ1v) is 8.59. The third-order valence-corrected chi connectivity index (χ3v) is 5.12. The molecule has 28 heavy (non-hydrogen) atoms. The summed E-state index contributed by atoms with van der Waals surface area (Å²) in [7, 11) is 0. The van der Waals surface area contributed by atoms with E-state index in [9.17, 15) is 19.7 Å². The minimum absolute atomic E-state index is 0.0538. The number of nitrogens with zero attached hydrogens (tertiary/aromatic N) is 3. The Morgan fingerprint density at radius 2 is 2.00 bits per heavy atom. The number of esters is 1. The summed E-state index contributed by atoms with van der Waals surface area (Å²) in [6.07, 6.45) is 0. The standard InChI is InChI=1S/C19H17N3O6/c1-4-27-18(24)19(11(3)23)14(13-7-5-12(9-20)6-8-13)15(19)17-16(22(25)26)10(2)21-28-17/h5-8,14-15H,4H2,1-3H3/t14-,15+,19+/m1/s1. The van der Waals surface area contributed by atoms with Crippen molar-refractivity contribution in [3.05, 3.63) is 57.0 Å². The normalized spacial score (nSPS) is 22.9. The predicted octanol–water partition coefficient (Wildman–Crippen LogP) is 2.78. The molecule has 0 spiro atoms. The van der Waals surface area contributed by atoms with E-state index in [1.165, 1.54) is 13.8 Å². The molecule has 9 heteroatoms. The molecule has 0 N–H and O–H groups in total. The number of ether oxygens (including phenoxy) is 1. The fourth-order valence-corrected chi connectivity index (χ4v) is 3.86. The van der Waals surface area contributed by atoms with Gasteiger partial charge in [0.05, 0.1) is 29.1 Å². The van der Waals surface area contributed by atoms with Crippen LogP contribution in [0.1, 0.15) is 48.3 Å². The highest BCUT2D eigenvalue weighted by Crippen LogP contribution is 2.72. The van der Waals surface area contributed by atoms with Gasteiger partial charge in [0, 0.05) is 5.92 Å². The number of Topliss-reactive ketones (excluding diaryl/α,β-unsaturated/α-hetero) is 1. The molecule has 0 unspecified atom stereocenters. The van der Waals surface area contributed by atoms with Crippen LogP contribution in [-0.2, 0) is 14.3 Å². The van der Waals surface area contributed by atoms with Crippen molar-refractivity contribution in [1.29, 1.82) is 5.26 Å². The number of nitro groups is 1. The number of carbonyl (C=O) groups is 2. The molecule has 1 saturated carbocycles. The third kappa shape index (κ3) is 2.65. The number of rotatable bonds is 6. The number of aryl methyl sites for hydroxylation is 1. The van der Waals surface area contributed by atoms with Gasteiger partial charge < -0.3 is 9.26 Å². The van der Waals surface area contributed by atoms with Gasteiger partial charge in [-0.25, -0.2) is 0 Å². The molecule has 1 aromatic carbocycles. The zero-order chi connectivity index (χ0) is 20.6. The highest BCUT2D eigenvalue weighted by molar-refractivity contribution is 6.09. The topological polar surface area (TPSA) is 136 Å². The van der Waals surface area contributed by atoms with Crippen LogP contribution in [0.3, 0.4) is 0 Å². The van der Waals surface area contributed by atoms with E-state index in [-0.39, 0.29) is 23.7 Å². The summed E-state index contributed by atoms with van der Waals surface area (Å²) in [6, 6.07) is 8.35. The van der Waals surface area contributed by atoms with Gasteiger partial charge in [0.25, 0.3) is 0 Å². The second kappa shape index (κ2) is 6.88. The minimum atomic E-state index is -1.64. The van der Waals surface area contributed by atoms with E-state index in [2.05, 4.69) is 5.16 Å². The molecule has 0 amide bonds. The van der Waals surface area contributed by atoms with Gasteiger partial charge in [-0.1, -0.05) is 17.3 Å². The molecule has 0 aliphatic heterocycles. The number of nitriles is 1. The number of hydrogen-bond donors (Lipinski definition) is 0. The van der Waals surface area contributed by atoms with E-state index in [0.29, 0.717) is 11.1 Å². The first-order chi connectivity index (χ1) is 13.3. The number of aromatic nitrogens is 1. The van der Waals surface area contributed by atoms with Crippen molar-refractivity contribution in [2.45, 2.75) is 32.6 Å². The summed E-state index contributed by atoms with van der Waals surface area (Å²) >= 11 is 0. The molecule has 2 aromatic rings. The van der Waals surface area contributed by atoms with Gasteiger partial charge in [-0.05, 0) is 38.5 Å². The quantitative estimate of drug-likeness (QED) is 0.321. The van der Waals surface area contributed by atoms with Crippen LogP contribution in [0.2, 0.25) is 0 Å². The smallest absolute Gasteiger partial charge is 0.334 e. The van der Waals surface area contributed by atoms with Crippen LogP contribution in [0.25, 0.3) is 0 Å². The van der Waals surface area contributed by atoms with E-state index >= 15 is 0 Å². The minimum Gasteiger partial charge on any atom is -0.465 e. The van der Waals surface area contributed by atoms with Gasteiger partial charge >= 0.3 is 11.7 Å². The lowest BCUT2D eigenvalue weighted by Crippen LogP contribution is -2.29. The molecule has 9 nitrogen and oxygen atoms in total. The number of hydrogen-bond acceptors (Lipinski definition) is 8. The Kier molecular flexibility index (Phi) is 4.73. The van der Waals surface area contributed by atoms with Crippen molar-refractivity contribution in [1.82, 2.24) is 5.16 Å². The van der Waals surface area contributed by atoms with E-state index < -0.39 is 33.9 Å². The molecule has 1 aliphatic rings. The van der Waals surface area contributed by atoms with Crippen molar-refractivity contribution in [3.8, 4) is 6.07 Å². The molecule has 0 bridgehead atoms. The van der Waals surface area contributed by atoms with Crippen molar-refractivity contribution in [2.24, 2.45) is 5.41 Å². The van der Waals surface area contributed by atoms with Gasteiger partial charge in [0.2, 0.25) is 5.76 Å². The summed E-state index contributed by atoms with van der Waals surface area (Å²) in [6.45, 7) is 4.34. The van der Waals surface area contributed by atoms with Crippen LogP contribution in [0.15, 0.2) is 28.8 Å². The first-order valence-electron chi connectivity index (χ1n) is 8.59. The lowest BCUT2D eigenvalue weighted by Gasteiger charge is -2.13. The maximum atomic E-state index is 12.8. The molecule has 1 fully saturated rings. The summed E-state index contributed by atoms with van der Waals surface area (Å²) in [5.74, 6) is -3.00. The highest BCUT2D eigenvalue weighted by atomic mass is 16.6. The van der Waals surface area contributed by atoms with Crippen LogP contribution in [0.4, 0.5) is 5.69 Å². The first kappa shape index (κ1) is 19.2. The average molecular weight is 383 g/mol. The van der Waals surface area contributed by atoms with Crippen molar-refractivity contribution in [3.63, 3.8) is 0 Å². The maximum absolute atomic E-state index is 12.8. The van der Waals surface area contributed by atoms with Crippen LogP contribution < -0.4 is 0 Å². The Morgan fingerprint density at radius 3 is 2.50 bits per heavy atom. The summed E-state index contributed by atoms with van der Waals surface area (Å²) in [5, 5.41) is 24.2. The third-order valence-electron chi connectivity index (χ3n) is 5.12. The zero-order valence-electron chi connectivity index (χ0n) is 15.5. The number of carbonyl (C=O) groups excluding carboxylic acids is 2. The van der Waals surface area contributed by atoms with Crippen LogP contribution in [0.5, 0.6) is 0 Å². The molecule has 3 atom stereocenters. The summed E-state index contributed by atoms with van der Waals surface area (Å²) in [4.78, 5) is 36.3. The van der Waals surface area contributed by atoms with Gasteiger partial charge in [-0.15, -0.1) is 0 Å². The molecule has 1 aromatic heterocycles. The lowest BCUT2D eigenvalue weighted by atomic mass is 9.93. The largest absolute Gasteiger partial charge is 0.465 e.